The van der Waals surface area contributed by atoms with Gasteiger partial charge in [-0.25, -0.2) is 0 Å². The molecule has 3 heteroatoms. The summed E-state index contributed by atoms with van der Waals surface area (Å²) < 4.78 is 0. The highest BCUT2D eigenvalue weighted by Crippen LogP contribution is 2.68. The standard InChI is InChI=1S/C14H27NO2/c1-7-14(6,8-9-16)15-11(17)10-12(2,3)13(10,4)5/h10,16H,7-9H2,1-6H3,(H,15,17). The molecule has 1 amide bonds. The Kier molecular flexibility index (Phi) is 3.64. The van der Waals surface area contributed by atoms with E-state index in [1.54, 1.807) is 0 Å². The normalized spacial score (nSPS) is 25.1. The number of nitrogens with one attached hydrogen (secondary N) is 1. The second-order valence-corrected chi connectivity index (χ2v) is 6.75. The van der Waals surface area contributed by atoms with Crippen LogP contribution in [0.15, 0.2) is 0 Å². The van der Waals surface area contributed by atoms with Crippen LogP contribution >= 0.6 is 0 Å². The minimum Gasteiger partial charge on any atom is -0.396 e. The van der Waals surface area contributed by atoms with Gasteiger partial charge in [0.15, 0.2) is 0 Å². The molecule has 0 aromatic heterocycles. The van der Waals surface area contributed by atoms with Crippen molar-refractivity contribution in [3.05, 3.63) is 0 Å². The Hall–Kier alpha value is -0.570. The molecule has 0 radical (unpaired) electrons. The molecule has 3 nitrogen and oxygen atoms in total. The van der Waals surface area contributed by atoms with Gasteiger partial charge in [-0.15, -0.1) is 0 Å². The van der Waals surface area contributed by atoms with Gasteiger partial charge >= 0.3 is 0 Å². The van der Waals surface area contributed by atoms with Gasteiger partial charge in [0, 0.05) is 18.1 Å². The molecule has 0 spiro atoms. The van der Waals surface area contributed by atoms with E-state index in [-0.39, 0.29) is 34.8 Å². The summed E-state index contributed by atoms with van der Waals surface area (Å²) in [5.41, 5.74) is -0.128. The molecule has 1 rings (SSSR count). The highest BCUT2D eigenvalue weighted by Gasteiger charge is 2.68. The van der Waals surface area contributed by atoms with E-state index >= 15 is 0 Å². The molecule has 0 bridgehead atoms. The van der Waals surface area contributed by atoms with Crippen molar-refractivity contribution in [2.45, 2.75) is 59.9 Å². The van der Waals surface area contributed by atoms with E-state index in [0.717, 1.165) is 6.42 Å². The molecule has 0 aliphatic heterocycles. The number of amides is 1. The SMILES string of the molecule is CCC(C)(CCO)NC(=O)C1C(C)(C)C1(C)C. The van der Waals surface area contributed by atoms with Crippen LogP contribution in [0.25, 0.3) is 0 Å². The van der Waals surface area contributed by atoms with Gasteiger partial charge in [0.1, 0.15) is 0 Å². The average Bonchev–Trinajstić information content (AvgIpc) is 2.57. The predicted octanol–water partition coefficient (Wildman–Crippen LogP) is 2.34. The molecule has 1 aliphatic carbocycles. The molecule has 1 atom stereocenters. The van der Waals surface area contributed by atoms with Crippen LogP contribution in [-0.4, -0.2) is 23.2 Å². The van der Waals surface area contributed by atoms with Crippen LogP contribution in [-0.2, 0) is 4.79 Å². The van der Waals surface area contributed by atoms with E-state index in [9.17, 15) is 4.79 Å². The molecule has 1 unspecified atom stereocenters. The van der Waals surface area contributed by atoms with Crippen molar-refractivity contribution >= 4 is 5.91 Å². The van der Waals surface area contributed by atoms with Gasteiger partial charge in [-0.2, -0.15) is 0 Å². The summed E-state index contributed by atoms with van der Waals surface area (Å²) in [4.78, 5) is 12.3. The minimum atomic E-state index is -0.277. The largest absolute Gasteiger partial charge is 0.396 e. The fourth-order valence-corrected chi connectivity index (χ4v) is 2.80. The minimum absolute atomic E-state index is 0.0744. The molecule has 1 fully saturated rings. The van der Waals surface area contributed by atoms with Crippen molar-refractivity contribution in [2.24, 2.45) is 16.7 Å². The quantitative estimate of drug-likeness (QED) is 0.776. The Bertz CT molecular complexity index is 295. The van der Waals surface area contributed by atoms with Crippen LogP contribution in [0.5, 0.6) is 0 Å². The van der Waals surface area contributed by atoms with Crippen molar-refractivity contribution in [2.75, 3.05) is 6.61 Å². The monoisotopic (exact) mass is 241 g/mol. The Labute approximate surface area is 105 Å². The van der Waals surface area contributed by atoms with Crippen molar-refractivity contribution in [1.29, 1.82) is 0 Å². The second kappa shape index (κ2) is 4.27. The molecule has 1 saturated carbocycles. The Balaban J connectivity index is 2.69. The lowest BCUT2D eigenvalue weighted by Gasteiger charge is -2.29. The van der Waals surface area contributed by atoms with Crippen LogP contribution in [0, 0.1) is 16.7 Å². The van der Waals surface area contributed by atoms with E-state index in [2.05, 4.69) is 33.0 Å². The molecule has 0 heterocycles. The fraction of sp³-hybridized carbons (Fsp3) is 0.929. The average molecular weight is 241 g/mol. The third-order valence-corrected chi connectivity index (χ3v) is 5.15. The topological polar surface area (TPSA) is 49.3 Å². The van der Waals surface area contributed by atoms with Crippen LogP contribution in [0.3, 0.4) is 0 Å². The Morgan fingerprint density at radius 2 is 1.76 bits per heavy atom. The van der Waals surface area contributed by atoms with Gasteiger partial charge in [-0.3, -0.25) is 4.79 Å². The number of hydrogen-bond donors (Lipinski definition) is 2. The van der Waals surface area contributed by atoms with Crippen LogP contribution in [0.1, 0.15) is 54.4 Å². The molecule has 0 aromatic carbocycles. The van der Waals surface area contributed by atoms with Gasteiger partial charge in [-0.1, -0.05) is 34.6 Å². The van der Waals surface area contributed by atoms with Crippen molar-refractivity contribution in [3.63, 3.8) is 0 Å². The lowest BCUT2D eigenvalue weighted by Crippen LogP contribution is -2.47. The molecule has 100 valence electrons. The number of aliphatic hydroxyl groups excluding tert-OH is 1. The summed E-state index contributed by atoms with van der Waals surface area (Å²) in [7, 11) is 0. The van der Waals surface area contributed by atoms with Crippen LogP contribution in [0.2, 0.25) is 0 Å². The maximum absolute atomic E-state index is 12.3. The summed E-state index contributed by atoms with van der Waals surface area (Å²) in [6.07, 6.45) is 1.45. The lowest BCUT2D eigenvalue weighted by molar-refractivity contribution is -0.125. The summed E-state index contributed by atoms with van der Waals surface area (Å²) in [5, 5.41) is 12.2. The highest BCUT2D eigenvalue weighted by atomic mass is 16.3. The number of carbonyl (C=O) groups excluding carboxylic acids is 1. The Morgan fingerprint density at radius 3 is 2.06 bits per heavy atom. The van der Waals surface area contributed by atoms with E-state index in [1.165, 1.54) is 0 Å². The predicted molar refractivity (Wildman–Crippen MR) is 69.6 cm³/mol. The first-order chi connectivity index (χ1) is 7.62. The van der Waals surface area contributed by atoms with Crippen molar-refractivity contribution in [3.8, 4) is 0 Å². The number of hydrogen-bond acceptors (Lipinski definition) is 2. The smallest absolute Gasteiger partial charge is 0.224 e. The van der Waals surface area contributed by atoms with Crippen molar-refractivity contribution < 1.29 is 9.90 Å². The molecule has 1 aliphatic rings. The van der Waals surface area contributed by atoms with Gasteiger partial charge in [0.25, 0.3) is 0 Å². The first-order valence-electron chi connectivity index (χ1n) is 6.55. The first kappa shape index (κ1) is 14.5. The van der Waals surface area contributed by atoms with E-state index < -0.39 is 0 Å². The molecule has 0 saturated heterocycles. The van der Waals surface area contributed by atoms with E-state index in [4.69, 9.17) is 5.11 Å². The van der Waals surface area contributed by atoms with E-state index in [1.807, 2.05) is 13.8 Å². The number of rotatable bonds is 5. The molecule has 17 heavy (non-hydrogen) atoms. The Morgan fingerprint density at radius 1 is 1.29 bits per heavy atom. The summed E-state index contributed by atoms with van der Waals surface area (Å²) in [6.45, 7) is 12.7. The maximum atomic E-state index is 12.3. The molecule has 2 N–H and O–H groups in total. The molecular weight excluding hydrogens is 214 g/mol. The van der Waals surface area contributed by atoms with Gasteiger partial charge in [-0.05, 0) is 30.6 Å². The summed E-state index contributed by atoms with van der Waals surface area (Å²) in [5.74, 6) is 0.220. The van der Waals surface area contributed by atoms with Gasteiger partial charge in [0.2, 0.25) is 5.91 Å². The van der Waals surface area contributed by atoms with Crippen LogP contribution < -0.4 is 5.32 Å². The first-order valence-corrected chi connectivity index (χ1v) is 6.55. The second-order valence-electron chi connectivity index (χ2n) is 6.75. The highest BCUT2D eigenvalue weighted by molar-refractivity contribution is 5.84. The van der Waals surface area contributed by atoms with Crippen LogP contribution in [0.4, 0.5) is 0 Å². The summed E-state index contributed by atoms with van der Waals surface area (Å²) >= 11 is 0. The zero-order valence-corrected chi connectivity index (χ0v) is 12.1. The lowest BCUT2D eigenvalue weighted by atomic mass is 9.94. The third-order valence-electron chi connectivity index (χ3n) is 5.15. The van der Waals surface area contributed by atoms with Crippen molar-refractivity contribution in [1.82, 2.24) is 5.32 Å². The zero-order chi connectivity index (χ0) is 13.5. The molecular formula is C14H27NO2. The maximum Gasteiger partial charge on any atom is 0.224 e. The van der Waals surface area contributed by atoms with E-state index in [0.29, 0.717) is 6.42 Å². The fourth-order valence-electron chi connectivity index (χ4n) is 2.80. The number of aliphatic hydroxyl groups is 1. The van der Waals surface area contributed by atoms with Gasteiger partial charge in [0.05, 0.1) is 0 Å². The molecule has 0 aromatic rings. The third kappa shape index (κ3) is 2.35. The summed E-state index contributed by atoms with van der Waals surface area (Å²) in [6, 6.07) is 0. The number of carbonyl (C=O) groups is 1. The zero-order valence-electron chi connectivity index (χ0n) is 12.1. The van der Waals surface area contributed by atoms with Gasteiger partial charge < -0.3 is 10.4 Å².